The third-order valence-electron chi connectivity index (χ3n) is 3.28. The van der Waals surface area contributed by atoms with Crippen molar-refractivity contribution in [2.75, 3.05) is 12.4 Å². The van der Waals surface area contributed by atoms with Gasteiger partial charge in [-0.3, -0.25) is 0 Å². The number of halogens is 3. The maximum absolute atomic E-state index is 12.2. The molecule has 1 N–H and O–H groups in total. The van der Waals surface area contributed by atoms with Crippen molar-refractivity contribution in [3.05, 3.63) is 60.9 Å². The van der Waals surface area contributed by atoms with E-state index in [1.807, 2.05) is 0 Å². The molecule has 27 heavy (non-hydrogen) atoms. The molecule has 6 nitrogen and oxygen atoms in total. The smallest absolute Gasteiger partial charge is 0.497 e. The van der Waals surface area contributed by atoms with Crippen LogP contribution in [0.2, 0.25) is 0 Å². The number of benzene rings is 2. The second kappa shape index (κ2) is 7.81. The van der Waals surface area contributed by atoms with Gasteiger partial charge in [-0.05, 0) is 48.5 Å². The number of hydrogen-bond acceptors (Lipinski definition) is 6. The number of hydrogen-bond donors (Lipinski definition) is 1. The molecule has 0 amide bonds. The summed E-state index contributed by atoms with van der Waals surface area (Å²) in [6.45, 7) is 0. The van der Waals surface area contributed by atoms with Gasteiger partial charge in [0.25, 0.3) is 0 Å². The van der Waals surface area contributed by atoms with Crippen LogP contribution in [-0.4, -0.2) is 23.4 Å². The van der Waals surface area contributed by atoms with Crippen molar-refractivity contribution in [2.24, 2.45) is 0 Å². The van der Waals surface area contributed by atoms with E-state index in [-0.39, 0.29) is 5.75 Å². The molecule has 0 atom stereocenters. The van der Waals surface area contributed by atoms with Crippen molar-refractivity contribution in [3.63, 3.8) is 0 Å². The van der Waals surface area contributed by atoms with Crippen molar-refractivity contribution < 1.29 is 27.4 Å². The van der Waals surface area contributed by atoms with Crippen LogP contribution >= 0.6 is 0 Å². The van der Waals surface area contributed by atoms with Gasteiger partial charge in [-0.25, -0.2) is 9.97 Å². The molecular weight excluding hydrogens is 363 g/mol. The summed E-state index contributed by atoms with van der Waals surface area (Å²) in [5, 5.41) is 2.95. The van der Waals surface area contributed by atoms with Crippen molar-refractivity contribution in [1.29, 1.82) is 0 Å². The largest absolute Gasteiger partial charge is 0.573 e. The lowest BCUT2D eigenvalue weighted by Crippen LogP contribution is -2.16. The van der Waals surface area contributed by atoms with Gasteiger partial charge in [0.2, 0.25) is 5.88 Å². The van der Waals surface area contributed by atoms with Gasteiger partial charge in [0.1, 0.15) is 29.4 Å². The van der Waals surface area contributed by atoms with E-state index >= 15 is 0 Å². The van der Waals surface area contributed by atoms with Crippen LogP contribution in [0, 0.1) is 0 Å². The molecule has 3 aromatic rings. The topological polar surface area (TPSA) is 65.5 Å². The highest BCUT2D eigenvalue weighted by Gasteiger charge is 2.30. The summed E-state index contributed by atoms with van der Waals surface area (Å²) >= 11 is 0. The molecular formula is C18H14F3N3O3. The summed E-state index contributed by atoms with van der Waals surface area (Å²) in [6.07, 6.45) is -3.42. The number of nitrogens with one attached hydrogen (secondary N) is 1. The normalized spacial score (nSPS) is 11.0. The number of rotatable bonds is 6. The lowest BCUT2D eigenvalue weighted by molar-refractivity contribution is -0.274. The minimum atomic E-state index is -4.73. The molecule has 3 rings (SSSR count). The Hall–Kier alpha value is -3.49. The van der Waals surface area contributed by atoms with E-state index in [0.717, 1.165) is 0 Å². The van der Waals surface area contributed by atoms with E-state index in [1.54, 1.807) is 37.4 Å². The molecule has 0 aliphatic rings. The molecule has 2 aromatic carbocycles. The summed E-state index contributed by atoms with van der Waals surface area (Å²) in [5.41, 5.74) is 0.527. The van der Waals surface area contributed by atoms with Crippen LogP contribution in [-0.2, 0) is 0 Å². The number of methoxy groups -OCH3 is 1. The van der Waals surface area contributed by atoms with Crippen LogP contribution in [0.4, 0.5) is 24.7 Å². The molecule has 0 unspecified atom stereocenters. The van der Waals surface area contributed by atoms with Crippen molar-refractivity contribution >= 4 is 11.5 Å². The zero-order valence-corrected chi connectivity index (χ0v) is 14.0. The molecule has 0 radical (unpaired) electrons. The molecule has 0 aliphatic carbocycles. The first kappa shape index (κ1) is 18.3. The monoisotopic (exact) mass is 377 g/mol. The average Bonchev–Trinajstić information content (AvgIpc) is 2.63. The maximum Gasteiger partial charge on any atom is 0.573 e. The Kier molecular flexibility index (Phi) is 5.30. The molecule has 0 bridgehead atoms. The number of ether oxygens (including phenoxy) is 3. The van der Waals surface area contributed by atoms with Gasteiger partial charge in [0.15, 0.2) is 0 Å². The third-order valence-corrected chi connectivity index (χ3v) is 3.28. The highest BCUT2D eigenvalue weighted by molar-refractivity contribution is 5.57. The first-order valence-corrected chi connectivity index (χ1v) is 7.68. The van der Waals surface area contributed by atoms with Crippen LogP contribution in [0.3, 0.4) is 0 Å². The first-order chi connectivity index (χ1) is 12.9. The van der Waals surface area contributed by atoms with Gasteiger partial charge in [0.05, 0.1) is 7.11 Å². The fourth-order valence-electron chi connectivity index (χ4n) is 2.12. The van der Waals surface area contributed by atoms with Gasteiger partial charge in [-0.15, -0.1) is 13.2 Å². The lowest BCUT2D eigenvalue weighted by atomic mass is 10.3. The standard InChI is InChI=1S/C18H14F3N3O3/c1-25-13-6-8-14(9-7-13)26-17-10-16(22-11-23-17)24-12-2-4-15(5-3-12)27-18(19,20)21/h2-11H,1H3,(H,22,23,24). The SMILES string of the molecule is COc1ccc(Oc2cc(Nc3ccc(OC(F)(F)F)cc3)ncn2)cc1. The summed E-state index contributed by atoms with van der Waals surface area (Å²) < 4.78 is 51.1. The Morgan fingerprint density at radius 1 is 0.852 bits per heavy atom. The Morgan fingerprint density at radius 2 is 1.48 bits per heavy atom. The van der Waals surface area contributed by atoms with Crippen LogP contribution in [0.15, 0.2) is 60.9 Å². The van der Waals surface area contributed by atoms with E-state index in [0.29, 0.717) is 28.9 Å². The van der Waals surface area contributed by atoms with E-state index in [1.165, 1.54) is 30.6 Å². The third kappa shape index (κ3) is 5.50. The quantitative estimate of drug-likeness (QED) is 0.658. The van der Waals surface area contributed by atoms with Crippen molar-refractivity contribution in [1.82, 2.24) is 9.97 Å². The highest BCUT2D eigenvalue weighted by Crippen LogP contribution is 2.26. The Labute approximate surface area is 152 Å². The minimum absolute atomic E-state index is 0.301. The van der Waals surface area contributed by atoms with E-state index in [2.05, 4.69) is 20.0 Å². The predicted molar refractivity (Wildman–Crippen MR) is 91.5 cm³/mol. The summed E-state index contributed by atoms with van der Waals surface area (Å²) in [7, 11) is 1.57. The summed E-state index contributed by atoms with van der Waals surface area (Å²) in [4.78, 5) is 8.08. The zero-order valence-electron chi connectivity index (χ0n) is 14.0. The van der Waals surface area contributed by atoms with Crippen molar-refractivity contribution in [3.8, 4) is 23.1 Å². The van der Waals surface area contributed by atoms with Crippen LogP contribution in [0.5, 0.6) is 23.1 Å². The van der Waals surface area contributed by atoms with Gasteiger partial charge in [-0.1, -0.05) is 0 Å². The molecule has 0 aliphatic heterocycles. The minimum Gasteiger partial charge on any atom is -0.497 e. The molecule has 0 spiro atoms. The predicted octanol–water partition coefficient (Wildman–Crippen LogP) is 4.92. The van der Waals surface area contributed by atoms with E-state index in [4.69, 9.17) is 9.47 Å². The number of aromatic nitrogens is 2. The fourth-order valence-corrected chi connectivity index (χ4v) is 2.12. The van der Waals surface area contributed by atoms with Gasteiger partial charge in [0, 0.05) is 11.8 Å². The average molecular weight is 377 g/mol. The molecule has 140 valence electrons. The van der Waals surface area contributed by atoms with Crippen molar-refractivity contribution in [2.45, 2.75) is 6.36 Å². The number of nitrogens with zero attached hydrogens (tertiary/aromatic N) is 2. The molecule has 0 fully saturated rings. The zero-order chi connectivity index (χ0) is 19.3. The fraction of sp³-hybridized carbons (Fsp3) is 0.111. The maximum atomic E-state index is 12.2. The Balaban J connectivity index is 1.66. The van der Waals surface area contributed by atoms with Crippen LogP contribution in [0.25, 0.3) is 0 Å². The molecule has 9 heteroatoms. The van der Waals surface area contributed by atoms with Crippen LogP contribution < -0.4 is 19.5 Å². The Morgan fingerprint density at radius 3 is 2.11 bits per heavy atom. The summed E-state index contributed by atoms with van der Waals surface area (Å²) in [5.74, 6) is 1.67. The van der Waals surface area contributed by atoms with Gasteiger partial charge >= 0.3 is 6.36 Å². The number of anilines is 2. The highest BCUT2D eigenvalue weighted by atomic mass is 19.4. The van der Waals surface area contributed by atoms with Gasteiger partial charge in [-0.2, -0.15) is 0 Å². The molecule has 1 aromatic heterocycles. The Bertz CT molecular complexity index is 885. The number of alkyl halides is 3. The first-order valence-electron chi connectivity index (χ1n) is 7.68. The second-order valence-corrected chi connectivity index (χ2v) is 5.22. The molecule has 0 saturated heterocycles. The molecule has 1 heterocycles. The lowest BCUT2D eigenvalue weighted by Gasteiger charge is -2.10. The van der Waals surface area contributed by atoms with Gasteiger partial charge < -0.3 is 19.5 Å². The van der Waals surface area contributed by atoms with Crippen LogP contribution in [0.1, 0.15) is 0 Å². The second-order valence-electron chi connectivity index (χ2n) is 5.22. The summed E-state index contributed by atoms with van der Waals surface area (Å²) in [6, 6.07) is 13.8. The van der Waals surface area contributed by atoms with E-state index in [9.17, 15) is 13.2 Å². The molecule has 0 saturated carbocycles. The van der Waals surface area contributed by atoms with E-state index < -0.39 is 6.36 Å².